The van der Waals surface area contributed by atoms with Crippen molar-refractivity contribution in [1.29, 1.82) is 0 Å². The first-order chi connectivity index (χ1) is 10.1. The number of ether oxygens (including phenoxy) is 1. The van der Waals surface area contributed by atoms with Crippen molar-refractivity contribution in [2.45, 2.75) is 32.1 Å². The largest absolute Gasteiger partial charge is 0.465 e. The van der Waals surface area contributed by atoms with E-state index in [9.17, 15) is 14.9 Å². The number of methoxy groups -OCH3 is 1. The summed E-state index contributed by atoms with van der Waals surface area (Å²) < 4.78 is 4.65. The van der Waals surface area contributed by atoms with Crippen molar-refractivity contribution < 1.29 is 14.5 Å². The van der Waals surface area contributed by atoms with Crippen LogP contribution in [0.2, 0.25) is 0 Å². The normalized spacial score (nSPS) is 15.5. The minimum absolute atomic E-state index is 0.0153. The third-order valence-electron chi connectivity index (χ3n) is 3.92. The van der Waals surface area contributed by atoms with E-state index in [2.05, 4.69) is 10.1 Å². The Labute approximate surface area is 123 Å². The van der Waals surface area contributed by atoms with Gasteiger partial charge in [0.25, 0.3) is 5.69 Å². The van der Waals surface area contributed by atoms with E-state index in [0.29, 0.717) is 23.7 Å². The van der Waals surface area contributed by atoms with E-state index in [1.54, 1.807) is 0 Å². The van der Waals surface area contributed by atoms with Crippen molar-refractivity contribution >= 4 is 17.3 Å². The fraction of sp³-hybridized carbons (Fsp3) is 0.533. The molecule has 1 aromatic rings. The van der Waals surface area contributed by atoms with Crippen LogP contribution in [-0.2, 0) is 4.74 Å². The van der Waals surface area contributed by atoms with Gasteiger partial charge in [0.2, 0.25) is 0 Å². The van der Waals surface area contributed by atoms with Gasteiger partial charge in [-0.05, 0) is 30.9 Å². The average molecular weight is 292 g/mol. The molecular formula is C15H20N2O4. The molecule has 1 N–H and O–H groups in total. The Bertz CT molecular complexity index is 524. The molecule has 0 radical (unpaired) electrons. The van der Waals surface area contributed by atoms with Crippen LogP contribution in [0.3, 0.4) is 0 Å². The van der Waals surface area contributed by atoms with Gasteiger partial charge >= 0.3 is 5.97 Å². The van der Waals surface area contributed by atoms with Crippen molar-refractivity contribution in [3.63, 3.8) is 0 Å². The van der Waals surface area contributed by atoms with Crippen LogP contribution in [0, 0.1) is 16.0 Å². The van der Waals surface area contributed by atoms with Crippen molar-refractivity contribution in [3.05, 3.63) is 33.9 Å². The van der Waals surface area contributed by atoms with Gasteiger partial charge in [-0.2, -0.15) is 0 Å². The predicted octanol–water partition coefficient (Wildman–Crippen LogP) is 3.37. The van der Waals surface area contributed by atoms with Crippen molar-refractivity contribution in [3.8, 4) is 0 Å². The topological polar surface area (TPSA) is 81.5 Å². The highest BCUT2D eigenvalue weighted by molar-refractivity contribution is 5.91. The van der Waals surface area contributed by atoms with Gasteiger partial charge in [-0.3, -0.25) is 10.1 Å². The SMILES string of the molecule is COC(=O)c1ccc([N+](=O)[O-])c(NCC2CCCCC2)c1. The van der Waals surface area contributed by atoms with Crippen molar-refractivity contribution in [2.75, 3.05) is 19.0 Å². The van der Waals surface area contributed by atoms with Gasteiger partial charge in [0.05, 0.1) is 17.6 Å². The number of carbonyl (C=O) groups excluding carboxylic acids is 1. The zero-order valence-electron chi connectivity index (χ0n) is 12.1. The molecule has 0 aromatic heterocycles. The van der Waals surface area contributed by atoms with E-state index in [0.717, 1.165) is 12.8 Å². The van der Waals surface area contributed by atoms with E-state index < -0.39 is 10.9 Å². The second-order valence-corrected chi connectivity index (χ2v) is 5.37. The zero-order chi connectivity index (χ0) is 15.2. The number of nitro groups is 1. The van der Waals surface area contributed by atoms with Crippen LogP contribution >= 0.6 is 0 Å². The van der Waals surface area contributed by atoms with Gasteiger partial charge in [-0.1, -0.05) is 19.3 Å². The maximum Gasteiger partial charge on any atom is 0.337 e. The number of nitro benzene ring substituents is 1. The van der Waals surface area contributed by atoms with Gasteiger partial charge in [-0.25, -0.2) is 4.79 Å². The standard InChI is InChI=1S/C15H20N2O4/c1-21-15(18)12-7-8-14(17(19)20)13(9-12)16-10-11-5-3-2-4-6-11/h7-9,11,16H,2-6,10H2,1H3. The quantitative estimate of drug-likeness (QED) is 0.511. The van der Waals surface area contributed by atoms with Gasteiger partial charge in [-0.15, -0.1) is 0 Å². The van der Waals surface area contributed by atoms with Crippen LogP contribution in [0.4, 0.5) is 11.4 Å². The fourth-order valence-corrected chi connectivity index (χ4v) is 2.73. The molecule has 1 aliphatic rings. The first kappa shape index (κ1) is 15.3. The van der Waals surface area contributed by atoms with E-state index in [4.69, 9.17) is 0 Å². The molecule has 0 spiro atoms. The van der Waals surface area contributed by atoms with Crippen LogP contribution in [0.15, 0.2) is 18.2 Å². The lowest BCUT2D eigenvalue weighted by Crippen LogP contribution is -2.18. The minimum Gasteiger partial charge on any atom is -0.465 e. The number of hydrogen-bond acceptors (Lipinski definition) is 5. The maximum absolute atomic E-state index is 11.5. The monoisotopic (exact) mass is 292 g/mol. The molecular weight excluding hydrogens is 272 g/mol. The van der Waals surface area contributed by atoms with E-state index in [1.165, 1.54) is 44.6 Å². The Morgan fingerprint density at radius 2 is 2.10 bits per heavy atom. The molecule has 2 rings (SSSR count). The Morgan fingerprint density at radius 1 is 1.38 bits per heavy atom. The highest BCUT2D eigenvalue weighted by atomic mass is 16.6. The summed E-state index contributed by atoms with van der Waals surface area (Å²) >= 11 is 0. The lowest BCUT2D eigenvalue weighted by molar-refractivity contribution is -0.384. The summed E-state index contributed by atoms with van der Waals surface area (Å²) in [6, 6.07) is 4.25. The highest BCUT2D eigenvalue weighted by Gasteiger charge is 2.19. The molecule has 0 amide bonds. The number of nitrogens with one attached hydrogen (secondary N) is 1. The molecule has 0 unspecified atom stereocenters. The summed E-state index contributed by atoms with van der Waals surface area (Å²) in [7, 11) is 1.29. The summed E-state index contributed by atoms with van der Waals surface area (Å²) in [6.07, 6.45) is 6.01. The van der Waals surface area contributed by atoms with Gasteiger partial charge < -0.3 is 10.1 Å². The van der Waals surface area contributed by atoms with Gasteiger partial charge in [0.15, 0.2) is 0 Å². The van der Waals surface area contributed by atoms with Crippen LogP contribution in [0.1, 0.15) is 42.5 Å². The number of esters is 1. The predicted molar refractivity (Wildman–Crippen MR) is 79.5 cm³/mol. The molecule has 0 aliphatic heterocycles. The zero-order valence-corrected chi connectivity index (χ0v) is 12.1. The molecule has 6 nitrogen and oxygen atoms in total. The minimum atomic E-state index is -0.495. The molecule has 0 atom stereocenters. The van der Waals surface area contributed by atoms with Crippen LogP contribution in [-0.4, -0.2) is 24.5 Å². The lowest BCUT2D eigenvalue weighted by atomic mass is 9.89. The number of benzene rings is 1. The third-order valence-corrected chi connectivity index (χ3v) is 3.92. The summed E-state index contributed by atoms with van der Waals surface area (Å²) in [5, 5.41) is 14.2. The molecule has 1 saturated carbocycles. The molecule has 0 saturated heterocycles. The lowest BCUT2D eigenvalue weighted by Gasteiger charge is -2.22. The van der Waals surface area contributed by atoms with Gasteiger partial charge in [0, 0.05) is 12.6 Å². The smallest absolute Gasteiger partial charge is 0.337 e. The fourth-order valence-electron chi connectivity index (χ4n) is 2.73. The molecule has 0 heterocycles. The number of rotatable bonds is 5. The Morgan fingerprint density at radius 3 is 2.71 bits per heavy atom. The van der Waals surface area contributed by atoms with Crippen molar-refractivity contribution in [1.82, 2.24) is 0 Å². The van der Waals surface area contributed by atoms with Crippen LogP contribution < -0.4 is 5.32 Å². The molecule has 114 valence electrons. The third kappa shape index (κ3) is 3.93. The van der Waals surface area contributed by atoms with E-state index >= 15 is 0 Å². The second kappa shape index (κ2) is 7.06. The first-order valence-corrected chi connectivity index (χ1v) is 7.22. The number of anilines is 1. The number of carbonyl (C=O) groups is 1. The number of hydrogen-bond donors (Lipinski definition) is 1. The molecule has 0 bridgehead atoms. The molecule has 1 aromatic carbocycles. The van der Waals surface area contributed by atoms with Crippen molar-refractivity contribution in [2.24, 2.45) is 5.92 Å². The molecule has 21 heavy (non-hydrogen) atoms. The molecule has 1 aliphatic carbocycles. The second-order valence-electron chi connectivity index (χ2n) is 5.37. The highest BCUT2D eigenvalue weighted by Crippen LogP contribution is 2.28. The Balaban J connectivity index is 2.13. The summed E-state index contributed by atoms with van der Waals surface area (Å²) in [4.78, 5) is 22.2. The summed E-state index contributed by atoms with van der Waals surface area (Å²) in [6.45, 7) is 0.700. The molecule has 1 fully saturated rings. The summed E-state index contributed by atoms with van der Waals surface area (Å²) in [5.74, 6) is 0.0470. The Kier molecular flexibility index (Phi) is 5.14. The van der Waals surface area contributed by atoms with Crippen LogP contribution in [0.25, 0.3) is 0 Å². The average Bonchev–Trinajstić information content (AvgIpc) is 2.52. The van der Waals surface area contributed by atoms with Crippen LogP contribution in [0.5, 0.6) is 0 Å². The van der Waals surface area contributed by atoms with E-state index in [1.807, 2.05) is 0 Å². The van der Waals surface area contributed by atoms with E-state index in [-0.39, 0.29) is 5.69 Å². The first-order valence-electron chi connectivity index (χ1n) is 7.22. The summed E-state index contributed by atoms with van der Waals surface area (Å²) in [5.41, 5.74) is 0.682. The maximum atomic E-state index is 11.5. The molecule has 6 heteroatoms. The Hall–Kier alpha value is -2.11. The van der Waals surface area contributed by atoms with Gasteiger partial charge in [0.1, 0.15) is 5.69 Å². The number of nitrogens with zero attached hydrogens (tertiary/aromatic N) is 1.